The first kappa shape index (κ1) is 17.0. The molecule has 1 saturated heterocycles. The van der Waals surface area contributed by atoms with Gasteiger partial charge in [-0.1, -0.05) is 0 Å². The van der Waals surface area contributed by atoms with Gasteiger partial charge in [0, 0.05) is 17.1 Å². The number of nitrogens with zero attached hydrogens (tertiary/aromatic N) is 1. The molecule has 1 aromatic heterocycles. The van der Waals surface area contributed by atoms with E-state index in [0.29, 0.717) is 31.3 Å². The number of hydrogen-bond donors (Lipinski definition) is 2. The van der Waals surface area contributed by atoms with E-state index >= 15 is 0 Å². The predicted octanol–water partition coefficient (Wildman–Crippen LogP) is 3.79. The van der Waals surface area contributed by atoms with E-state index in [-0.39, 0.29) is 0 Å². The molecule has 0 atom stereocenters. The summed E-state index contributed by atoms with van der Waals surface area (Å²) in [4.78, 5) is 4.56. The van der Waals surface area contributed by atoms with Crippen LogP contribution in [0.3, 0.4) is 0 Å². The number of H-pyrrole nitrogens is 1. The van der Waals surface area contributed by atoms with Gasteiger partial charge in [-0.05, 0) is 56.5 Å². The largest absolute Gasteiger partial charge is 0.494 e. The number of benzene rings is 1. The molecule has 132 valence electrons. The molecule has 0 unspecified atom stereocenters. The molecule has 2 aromatic rings. The molecule has 0 saturated carbocycles. The van der Waals surface area contributed by atoms with Crippen LogP contribution in [0.25, 0.3) is 10.9 Å². The van der Waals surface area contributed by atoms with Crippen LogP contribution < -0.4 is 10.5 Å². The van der Waals surface area contributed by atoms with Crippen LogP contribution in [-0.2, 0) is 0 Å². The number of anilines is 1. The fourth-order valence-electron chi connectivity index (χ4n) is 3.24. The summed E-state index contributed by atoms with van der Waals surface area (Å²) in [5, 5.41) is 0.938. The summed E-state index contributed by atoms with van der Waals surface area (Å²) in [5.74, 6) is 1.19. The van der Waals surface area contributed by atoms with Crippen molar-refractivity contribution >= 4 is 16.6 Å². The van der Waals surface area contributed by atoms with Crippen molar-refractivity contribution in [1.82, 2.24) is 9.88 Å². The van der Waals surface area contributed by atoms with E-state index in [1.54, 1.807) is 6.20 Å². The Hall–Kier alpha value is -1.89. The second kappa shape index (κ2) is 6.93. The van der Waals surface area contributed by atoms with Crippen molar-refractivity contribution in [2.24, 2.45) is 5.92 Å². The number of alkyl halides is 3. The second-order valence-corrected chi connectivity index (χ2v) is 6.42. The average molecular weight is 341 g/mol. The van der Waals surface area contributed by atoms with Gasteiger partial charge in [0.05, 0.1) is 18.8 Å². The first-order valence-electron chi connectivity index (χ1n) is 8.19. The molecular formula is C17H22F3N3O. The highest BCUT2D eigenvalue weighted by Gasteiger charge is 2.32. The molecule has 0 aliphatic carbocycles. The Morgan fingerprint density at radius 2 is 2.00 bits per heavy atom. The Morgan fingerprint density at radius 3 is 2.71 bits per heavy atom. The van der Waals surface area contributed by atoms with Crippen LogP contribution in [0, 0.1) is 5.92 Å². The van der Waals surface area contributed by atoms with Crippen LogP contribution >= 0.6 is 0 Å². The highest BCUT2D eigenvalue weighted by atomic mass is 19.4. The number of nitrogens with one attached hydrogen (secondary N) is 1. The van der Waals surface area contributed by atoms with Gasteiger partial charge in [-0.2, -0.15) is 13.2 Å². The first-order valence-corrected chi connectivity index (χ1v) is 8.19. The van der Waals surface area contributed by atoms with E-state index in [1.807, 2.05) is 18.2 Å². The maximum atomic E-state index is 12.4. The molecule has 0 bridgehead atoms. The minimum Gasteiger partial charge on any atom is -0.494 e. The molecule has 4 nitrogen and oxygen atoms in total. The number of aromatic nitrogens is 1. The van der Waals surface area contributed by atoms with Gasteiger partial charge >= 0.3 is 6.18 Å². The Morgan fingerprint density at radius 1 is 1.25 bits per heavy atom. The van der Waals surface area contributed by atoms with Crippen molar-refractivity contribution in [3.8, 4) is 5.75 Å². The maximum absolute atomic E-state index is 12.4. The molecule has 0 radical (unpaired) electrons. The van der Waals surface area contributed by atoms with E-state index in [0.717, 1.165) is 35.9 Å². The van der Waals surface area contributed by atoms with Crippen molar-refractivity contribution in [2.45, 2.75) is 25.4 Å². The number of halogens is 3. The summed E-state index contributed by atoms with van der Waals surface area (Å²) in [5.41, 5.74) is 7.53. The van der Waals surface area contributed by atoms with Crippen LogP contribution in [0.2, 0.25) is 0 Å². The van der Waals surface area contributed by atoms with Crippen LogP contribution in [0.4, 0.5) is 18.9 Å². The number of nitrogens with two attached hydrogens (primary N) is 1. The summed E-state index contributed by atoms with van der Waals surface area (Å²) < 4.78 is 42.9. The minimum atomic E-state index is -4.10. The van der Waals surface area contributed by atoms with Crippen molar-refractivity contribution in [3.63, 3.8) is 0 Å². The highest BCUT2D eigenvalue weighted by molar-refractivity contribution is 5.92. The van der Waals surface area contributed by atoms with Gasteiger partial charge in [0.15, 0.2) is 0 Å². The summed E-state index contributed by atoms with van der Waals surface area (Å²) in [6.45, 7) is 0.792. The minimum absolute atomic E-state index is 0.426. The molecule has 1 aromatic carbocycles. The number of ether oxygens (including phenoxy) is 1. The van der Waals surface area contributed by atoms with Gasteiger partial charge in [0.1, 0.15) is 5.75 Å². The number of fused-ring (bicyclic) bond motifs is 1. The summed E-state index contributed by atoms with van der Waals surface area (Å²) >= 11 is 0. The number of hydrogen-bond acceptors (Lipinski definition) is 3. The molecule has 0 amide bonds. The first-order chi connectivity index (χ1) is 11.4. The number of piperidine rings is 1. The van der Waals surface area contributed by atoms with Gasteiger partial charge in [-0.3, -0.25) is 4.90 Å². The zero-order chi connectivity index (χ0) is 17.2. The average Bonchev–Trinajstić information content (AvgIpc) is 2.89. The predicted molar refractivity (Wildman–Crippen MR) is 88.0 cm³/mol. The zero-order valence-corrected chi connectivity index (χ0v) is 13.4. The Kier molecular flexibility index (Phi) is 4.89. The van der Waals surface area contributed by atoms with Crippen LogP contribution in [0.15, 0.2) is 24.4 Å². The Balaban J connectivity index is 1.43. The Labute approximate surface area is 138 Å². The normalized spacial score (nSPS) is 17.5. The van der Waals surface area contributed by atoms with Gasteiger partial charge in [0.25, 0.3) is 0 Å². The smallest absolute Gasteiger partial charge is 0.401 e. The van der Waals surface area contributed by atoms with E-state index < -0.39 is 12.7 Å². The molecule has 2 heterocycles. The molecule has 3 N–H and O–H groups in total. The lowest BCUT2D eigenvalue weighted by molar-refractivity contribution is -0.148. The summed E-state index contributed by atoms with van der Waals surface area (Å²) in [6, 6.07) is 5.73. The molecule has 24 heavy (non-hydrogen) atoms. The van der Waals surface area contributed by atoms with Crippen molar-refractivity contribution in [1.29, 1.82) is 0 Å². The fraction of sp³-hybridized carbons (Fsp3) is 0.529. The SMILES string of the molecule is Nc1c[nH]c2ccc(OCCC3CCN(CC(F)(F)F)CC3)cc12. The molecule has 1 aliphatic heterocycles. The second-order valence-electron chi connectivity index (χ2n) is 6.42. The molecule has 3 rings (SSSR count). The molecule has 1 aliphatic rings. The van der Waals surface area contributed by atoms with Crippen LogP contribution in [-0.4, -0.2) is 42.3 Å². The third-order valence-corrected chi connectivity index (χ3v) is 4.59. The quantitative estimate of drug-likeness (QED) is 0.870. The molecule has 1 fully saturated rings. The molecule has 7 heteroatoms. The zero-order valence-electron chi connectivity index (χ0n) is 13.4. The van der Waals surface area contributed by atoms with Gasteiger partial charge in [-0.15, -0.1) is 0 Å². The lowest BCUT2D eigenvalue weighted by Crippen LogP contribution is -2.40. The van der Waals surface area contributed by atoms with Crippen molar-refractivity contribution in [2.75, 3.05) is 32.0 Å². The van der Waals surface area contributed by atoms with Crippen LogP contribution in [0.5, 0.6) is 5.75 Å². The van der Waals surface area contributed by atoms with Gasteiger partial charge in [-0.25, -0.2) is 0 Å². The third kappa shape index (κ3) is 4.35. The van der Waals surface area contributed by atoms with E-state index in [4.69, 9.17) is 10.5 Å². The van der Waals surface area contributed by atoms with Crippen molar-refractivity contribution < 1.29 is 17.9 Å². The maximum Gasteiger partial charge on any atom is 0.401 e. The third-order valence-electron chi connectivity index (χ3n) is 4.59. The lowest BCUT2D eigenvalue weighted by atomic mass is 9.94. The topological polar surface area (TPSA) is 54.3 Å². The summed E-state index contributed by atoms with van der Waals surface area (Å²) in [7, 11) is 0. The Bertz CT molecular complexity index is 675. The number of likely N-dealkylation sites (tertiary alicyclic amines) is 1. The molecular weight excluding hydrogens is 319 g/mol. The number of rotatable bonds is 5. The lowest BCUT2D eigenvalue weighted by Gasteiger charge is -2.32. The molecule has 0 spiro atoms. The van der Waals surface area contributed by atoms with Crippen LogP contribution in [0.1, 0.15) is 19.3 Å². The van der Waals surface area contributed by atoms with Gasteiger partial charge in [0.2, 0.25) is 0 Å². The van der Waals surface area contributed by atoms with E-state index in [1.165, 1.54) is 4.90 Å². The standard InChI is InChI=1S/C17H22F3N3O/c18-17(19,20)11-23-6-3-12(4-7-23)5-8-24-13-1-2-16-14(9-13)15(21)10-22-16/h1-2,9-10,12,22H,3-8,11,21H2. The van der Waals surface area contributed by atoms with Crippen molar-refractivity contribution in [3.05, 3.63) is 24.4 Å². The fourth-order valence-corrected chi connectivity index (χ4v) is 3.24. The number of nitrogen functional groups attached to an aromatic ring is 1. The van der Waals surface area contributed by atoms with E-state index in [2.05, 4.69) is 4.98 Å². The summed E-state index contributed by atoms with van der Waals surface area (Å²) in [6.07, 6.45) is 0.102. The number of aromatic amines is 1. The van der Waals surface area contributed by atoms with E-state index in [9.17, 15) is 13.2 Å². The highest BCUT2D eigenvalue weighted by Crippen LogP contribution is 2.27. The monoisotopic (exact) mass is 341 g/mol. The van der Waals surface area contributed by atoms with Gasteiger partial charge < -0.3 is 15.5 Å².